The van der Waals surface area contributed by atoms with Crippen LogP contribution in [0.15, 0.2) is 50.1 Å². The molecule has 3 rings (SSSR count). The van der Waals surface area contributed by atoms with E-state index in [9.17, 15) is 18.4 Å². The molecule has 0 amide bonds. The van der Waals surface area contributed by atoms with E-state index in [1.165, 1.54) is 36.4 Å². The maximum absolute atomic E-state index is 12.7. The van der Waals surface area contributed by atoms with Crippen molar-refractivity contribution in [2.45, 2.75) is 7.43 Å². The number of aromatic nitrogens is 4. The number of rotatable bonds is 2. The van der Waals surface area contributed by atoms with Gasteiger partial charge in [-0.05, 0) is 90.3 Å². The van der Waals surface area contributed by atoms with E-state index in [-0.39, 0.29) is 13.0 Å². The minimum absolute atomic E-state index is 0. The average Bonchev–Trinajstić information content (AvgIpc) is 2.93. The summed E-state index contributed by atoms with van der Waals surface area (Å²) in [5.74, 6) is -0.796. The van der Waals surface area contributed by atoms with Gasteiger partial charge >= 0.3 is 5.69 Å². The minimum Gasteiger partial charge on any atom is -0.276 e. The maximum atomic E-state index is 12.7. The summed E-state index contributed by atoms with van der Waals surface area (Å²) >= 11 is 11.3. The van der Waals surface area contributed by atoms with Crippen LogP contribution in [0.3, 0.4) is 0 Å². The van der Waals surface area contributed by atoms with Crippen LogP contribution in [0.25, 0.3) is 5.69 Å². The highest BCUT2D eigenvalue weighted by Gasteiger charge is 2.08. The molecule has 0 bridgehead atoms. The molecule has 0 saturated heterocycles. The number of halogens is 5. The Kier molecular flexibility index (Phi) is 8.25. The fourth-order valence-electron chi connectivity index (χ4n) is 1.66. The predicted octanol–water partition coefficient (Wildman–Crippen LogP) is 4.46. The summed E-state index contributed by atoms with van der Waals surface area (Å²) in [5.41, 5.74) is 0.232. The molecule has 2 aromatic carbocycles. The summed E-state index contributed by atoms with van der Waals surface area (Å²) in [6.45, 7) is 0. The van der Waals surface area contributed by atoms with Crippen LogP contribution < -0.4 is 5.69 Å². The van der Waals surface area contributed by atoms with Crippen LogP contribution in [0.5, 0.6) is 0 Å². The van der Waals surface area contributed by atoms with Crippen LogP contribution in [-0.2, 0) is 0 Å². The topological polar surface area (TPSA) is 80.6 Å². The maximum Gasteiger partial charge on any atom is 0.365 e. The van der Waals surface area contributed by atoms with E-state index in [1.54, 1.807) is 0 Å². The van der Waals surface area contributed by atoms with Crippen molar-refractivity contribution < 1.29 is 13.6 Å². The molecule has 1 heterocycles. The Labute approximate surface area is 168 Å². The summed E-state index contributed by atoms with van der Waals surface area (Å²) < 4.78 is 27.0. The van der Waals surface area contributed by atoms with Crippen molar-refractivity contribution in [1.29, 1.82) is 0 Å². The van der Waals surface area contributed by atoms with Gasteiger partial charge in [-0.2, -0.15) is 4.68 Å². The number of benzene rings is 2. The number of nitrogens with one attached hydrogen (secondary N) is 1. The van der Waals surface area contributed by atoms with E-state index in [0.717, 1.165) is 4.68 Å². The molecule has 0 unspecified atom stereocenters. The highest BCUT2D eigenvalue weighted by atomic mass is 79.9. The highest BCUT2D eigenvalue weighted by molar-refractivity contribution is 9.10. The molecule has 3 aromatic rings. The molecule has 0 fully saturated rings. The predicted molar refractivity (Wildman–Crippen MR) is 101 cm³/mol. The van der Waals surface area contributed by atoms with Gasteiger partial charge in [0, 0.05) is 14.5 Å². The van der Waals surface area contributed by atoms with Crippen molar-refractivity contribution in [2.75, 3.05) is 0 Å². The Balaban J connectivity index is 0.000000258. The number of nitrogens with zero attached hydrogens (tertiary/aromatic N) is 3. The Bertz CT molecular complexity index is 978. The van der Waals surface area contributed by atoms with Crippen molar-refractivity contribution in [3.63, 3.8) is 0 Å². The lowest BCUT2D eigenvalue weighted by Gasteiger charge is -2.00. The Hall–Kier alpha value is -1.91. The molecule has 0 radical (unpaired) electrons. The van der Waals surface area contributed by atoms with Gasteiger partial charge in [0.15, 0.2) is 0 Å². The van der Waals surface area contributed by atoms with Gasteiger partial charge in [0.25, 0.3) is 5.24 Å². The molecule has 0 aliphatic carbocycles. The first-order valence-electron chi connectivity index (χ1n) is 6.40. The van der Waals surface area contributed by atoms with E-state index < -0.39 is 22.6 Å². The van der Waals surface area contributed by atoms with Gasteiger partial charge in [0.05, 0.1) is 5.69 Å². The molecular weight excluding hydrogens is 501 g/mol. The van der Waals surface area contributed by atoms with Crippen molar-refractivity contribution >= 4 is 48.7 Å². The van der Waals surface area contributed by atoms with E-state index in [4.69, 9.17) is 11.6 Å². The third kappa shape index (κ3) is 5.55. The average molecular weight is 513 g/mol. The van der Waals surface area contributed by atoms with Crippen LogP contribution in [0.2, 0.25) is 0 Å². The van der Waals surface area contributed by atoms with Gasteiger partial charge in [0.2, 0.25) is 0 Å². The van der Waals surface area contributed by atoms with E-state index in [1.807, 2.05) is 0 Å². The smallest absolute Gasteiger partial charge is 0.276 e. The minimum atomic E-state index is -0.600. The number of carbonyl (C=O) groups is 1. The summed E-state index contributed by atoms with van der Waals surface area (Å²) in [4.78, 5) is 21.7. The lowest BCUT2D eigenvalue weighted by molar-refractivity contribution is 0.108. The quantitative estimate of drug-likeness (QED) is 0.514. The second-order valence-electron chi connectivity index (χ2n) is 4.41. The monoisotopic (exact) mass is 510 g/mol. The molecule has 6 nitrogen and oxygen atoms in total. The van der Waals surface area contributed by atoms with Crippen molar-refractivity contribution in [2.24, 2.45) is 0 Å². The molecule has 1 N–H and O–H groups in total. The summed E-state index contributed by atoms with van der Waals surface area (Å²) in [5, 5.41) is 8.39. The number of hydrogen-bond acceptors (Lipinski definition) is 4. The first-order valence-corrected chi connectivity index (χ1v) is 8.36. The van der Waals surface area contributed by atoms with Gasteiger partial charge in [-0.1, -0.05) is 7.43 Å². The van der Waals surface area contributed by atoms with Gasteiger partial charge in [-0.3, -0.25) is 4.79 Å². The molecule has 138 valence electrons. The van der Waals surface area contributed by atoms with Crippen LogP contribution in [0, 0.1) is 11.6 Å². The molecule has 0 saturated carbocycles. The van der Waals surface area contributed by atoms with Crippen molar-refractivity contribution in [1.82, 2.24) is 20.2 Å². The van der Waals surface area contributed by atoms with E-state index in [2.05, 4.69) is 47.4 Å². The Morgan fingerprint density at radius 3 is 2.12 bits per heavy atom. The molecule has 26 heavy (non-hydrogen) atoms. The summed E-state index contributed by atoms with van der Waals surface area (Å²) in [7, 11) is 0. The van der Waals surface area contributed by atoms with Gasteiger partial charge in [-0.25, -0.2) is 18.7 Å². The van der Waals surface area contributed by atoms with Crippen LogP contribution in [-0.4, -0.2) is 25.4 Å². The second-order valence-corrected chi connectivity index (χ2v) is 6.46. The number of aromatic amines is 1. The standard InChI is InChI=1S/C7H3BrClFO.C7H4BrFN4O.CH4/c8-6-3-4(10)1-2-5(6)7(9)11;8-5-3-4(9)1-2-6(5)13-7(14)10-11-12-13;/h1-3H;1-3H,(H,10,12,14);1H4. The van der Waals surface area contributed by atoms with E-state index in [0.29, 0.717) is 14.6 Å². The molecule has 0 spiro atoms. The van der Waals surface area contributed by atoms with Gasteiger partial charge < -0.3 is 0 Å². The zero-order valence-electron chi connectivity index (χ0n) is 12.0. The first-order chi connectivity index (χ1) is 11.8. The zero-order chi connectivity index (χ0) is 18.6. The zero-order valence-corrected chi connectivity index (χ0v) is 15.9. The van der Waals surface area contributed by atoms with Crippen LogP contribution in [0.4, 0.5) is 8.78 Å². The number of hydrogen-bond donors (Lipinski definition) is 1. The molecule has 11 heteroatoms. The molecule has 0 atom stereocenters. The van der Waals surface area contributed by atoms with Crippen molar-refractivity contribution in [3.8, 4) is 5.69 Å². The summed E-state index contributed by atoms with van der Waals surface area (Å²) in [6.07, 6.45) is 0. The molecule has 0 aliphatic rings. The third-order valence-electron chi connectivity index (χ3n) is 2.75. The second kappa shape index (κ2) is 9.70. The lowest BCUT2D eigenvalue weighted by Crippen LogP contribution is -2.16. The van der Waals surface area contributed by atoms with Crippen LogP contribution >= 0.6 is 43.5 Å². The third-order valence-corrected chi connectivity index (χ3v) is 4.25. The first kappa shape index (κ1) is 22.1. The Morgan fingerprint density at radius 2 is 1.65 bits per heavy atom. The lowest BCUT2D eigenvalue weighted by atomic mass is 10.2. The van der Waals surface area contributed by atoms with Crippen molar-refractivity contribution in [3.05, 3.63) is 73.0 Å². The van der Waals surface area contributed by atoms with E-state index >= 15 is 0 Å². The number of tetrazole rings is 1. The highest BCUT2D eigenvalue weighted by Crippen LogP contribution is 2.20. The van der Waals surface area contributed by atoms with Crippen LogP contribution in [0.1, 0.15) is 17.8 Å². The van der Waals surface area contributed by atoms with Gasteiger partial charge in [0.1, 0.15) is 11.6 Å². The molecule has 0 aliphatic heterocycles. The van der Waals surface area contributed by atoms with Gasteiger partial charge in [-0.15, -0.1) is 0 Å². The SMILES string of the molecule is C.O=C(Cl)c1ccc(F)cc1Br.O=c1[nH]nnn1-c1ccc(F)cc1Br. The molecule has 1 aromatic heterocycles. The summed E-state index contributed by atoms with van der Waals surface area (Å²) in [6, 6.07) is 7.62. The Morgan fingerprint density at radius 1 is 1.08 bits per heavy atom. The fraction of sp³-hybridized carbons (Fsp3) is 0.0667. The number of carbonyl (C=O) groups excluding carboxylic acids is 1. The normalized spacial score (nSPS) is 9.73. The molecular formula is C15H11Br2ClF2N4O2. The fourth-order valence-corrected chi connectivity index (χ4v) is 2.99. The largest absolute Gasteiger partial charge is 0.365 e. The number of H-pyrrole nitrogens is 1.